The maximum Gasteiger partial charge on any atom is 0.270 e. The molecular formula is C18H26N6O2. The summed E-state index contributed by atoms with van der Waals surface area (Å²) in [6, 6.07) is 0. The Kier molecular flexibility index (Phi) is 4.30. The lowest BCUT2D eigenvalue weighted by atomic mass is 9.99. The van der Waals surface area contributed by atoms with Crippen molar-refractivity contribution in [1.29, 1.82) is 0 Å². The van der Waals surface area contributed by atoms with Crippen LogP contribution in [0.15, 0.2) is 0 Å². The first-order chi connectivity index (χ1) is 12.5. The number of aryl methyl sites for hydroxylation is 2. The molecule has 4 rings (SSSR count). The van der Waals surface area contributed by atoms with E-state index in [4.69, 9.17) is 4.74 Å². The molecule has 0 radical (unpaired) electrons. The van der Waals surface area contributed by atoms with E-state index in [1.165, 1.54) is 0 Å². The van der Waals surface area contributed by atoms with Crippen molar-refractivity contribution >= 4 is 5.91 Å². The summed E-state index contributed by atoms with van der Waals surface area (Å²) in [7, 11) is 1.87. The molecule has 26 heavy (non-hydrogen) atoms. The molecule has 0 bridgehead atoms. The second-order valence-corrected chi connectivity index (χ2v) is 7.29. The van der Waals surface area contributed by atoms with Gasteiger partial charge in [-0.25, -0.2) is 4.98 Å². The van der Waals surface area contributed by atoms with Crippen molar-refractivity contribution in [1.82, 2.24) is 29.9 Å². The van der Waals surface area contributed by atoms with Crippen LogP contribution < -0.4 is 5.32 Å². The highest BCUT2D eigenvalue weighted by Crippen LogP contribution is 2.38. The van der Waals surface area contributed by atoms with Crippen molar-refractivity contribution in [3.63, 3.8) is 0 Å². The molecule has 1 saturated carbocycles. The summed E-state index contributed by atoms with van der Waals surface area (Å²) < 4.78 is 9.40. The molecule has 8 nitrogen and oxygen atoms in total. The molecule has 1 fully saturated rings. The number of nitrogens with one attached hydrogen (secondary N) is 1. The van der Waals surface area contributed by atoms with E-state index in [9.17, 15) is 4.79 Å². The third kappa shape index (κ3) is 3.02. The van der Waals surface area contributed by atoms with Crippen molar-refractivity contribution in [2.45, 2.75) is 71.2 Å². The molecule has 1 aliphatic carbocycles. The first kappa shape index (κ1) is 17.2. The molecule has 1 N–H and O–H groups in total. The van der Waals surface area contributed by atoms with Crippen molar-refractivity contribution in [2.75, 3.05) is 0 Å². The minimum Gasteiger partial charge on any atom is -0.369 e. The van der Waals surface area contributed by atoms with E-state index in [0.717, 1.165) is 35.7 Å². The van der Waals surface area contributed by atoms with Crippen LogP contribution in [0.2, 0.25) is 0 Å². The predicted octanol–water partition coefficient (Wildman–Crippen LogP) is 1.86. The SMILES string of the molecule is CCn1nc2c(c1C(=O)NCc1nc(C3CC3)nn1C)C[C@H](C)O[C@@H]2C. The van der Waals surface area contributed by atoms with E-state index >= 15 is 0 Å². The predicted molar refractivity (Wildman–Crippen MR) is 94.7 cm³/mol. The Morgan fingerprint density at radius 3 is 2.77 bits per heavy atom. The summed E-state index contributed by atoms with van der Waals surface area (Å²) >= 11 is 0. The van der Waals surface area contributed by atoms with E-state index in [-0.39, 0.29) is 18.1 Å². The van der Waals surface area contributed by atoms with Gasteiger partial charge in [-0.05, 0) is 33.6 Å². The minimum atomic E-state index is -0.113. The van der Waals surface area contributed by atoms with Crippen molar-refractivity contribution < 1.29 is 9.53 Å². The van der Waals surface area contributed by atoms with Crippen LogP contribution in [0.3, 0.4) is 0 Å². The summed E-state index contributed by atoms with van der Waals surface area (Å²) in [5, 5.41) is 12.1. The van der Waals surface area contributed by atoms with Crippen LogP contribution in [0.5, 0.6) is 0 Å². The van der Waals surface area contributed by atoms with Crippen LogP contribution in [0, 0.1) is 0 Å². The molecule has 2 atom stereocenters. The van der Waals surface area contributed by atoms with E-state index in [1.807, 2.05) is 27.8 Å². The first-order valence-corrected chi connectivity index (χ1v) is 9.41. The fourth-order valence-corrected chi connectivity index (χ4v) is 3.63. The van der Waals surface area contributed by atoms with Gasteiger partial charge in [0.1, 0.15) is 11.5 Å². The monoisotopic (exact) mass is 358 g/mol. The van der Waals surface area contributed by atoms with Gasteiger partial charge in [0, 0.05) is 31.5 Å². The minimum absolute atomic E-state index is 0.0818. The number of hydrogen-bond acceptors (Lipinski definition) is 5. The zero-order valence-corrected chi connectivity index (χ0v) is 15.8. The van der Waals surface area contributed by atoms with Crippen molar-refractivity contribution in [3.8, 4) is 0 Å². The second-order valence-electron chi connectivity index (χ2n) is 7.29. The van der Waals surface area contributed by atoms with Crippen molar-refractivity contribution in [3.05, 3.63) is 28.6 Å². The molecule has 8 heteroatoms. The topological polar surface area (TPSA) is 86.9 Å². The molecule has 0 unspecified atom stereocenters. The highest BCUT2D eigenvalue weighted by atomic mass is 16.5. The Balaban J connectivity index is 1.54. The summed E-state index contributed by atoms with van der Waals surface area (Å²) in [6.45, 7) is 7.02. The second kappa shape index (κ2) is 6.50. The summed E-state index contributed by atoms with van der Waals surface area (Å²) in [6.07, 6.45) is 3.02. The van der Waals surface area contributed by atoms with Crippen LogP contribution in [-0.4, -0.2) is 36.6 Å². The summed E-state index contributed by atoms with van der Waals surface area (Å²) in [4.78, 5) is 17.5. The molecule has 0 saturated heterocycles. The standard InChI is InChI=1S/C18H26N6O2/c1-5-24-16(13-8-10(2)26-11(3)15(13)21-24)18(25)19-9-14-20-17(12-6-7-12)22-23(14)4/h10-12H,5-9H2,1-4H3,(H,19,25)/t10-,11+/m0/s1. The fraction of sp³-hybridized carbons (Fsp3) is 0.667. The lowest BCUT2D eigenvalue weighted by Crippen LogP contribution is -2.29. The average molecular weight is 358 g/mol. The number of aromatic nitrogens is 5. The smallest absolute Gasteiger partial charge is 0.270 e. The summed E-state index contributed by atoms with van der Waals surface area (Å²) in [5.41, 5.74) is 2.53. The van der Waals surface area contributed by atoms with Gasteiger partial charge in [0.15, 0.2) is 5.82 Å². The summed E-state index contributed by atoms with van der Waals surface area (Å²) in [5.74, 6) is 2.06. The van der Waals surface area contributed by atoms with E-state index in [0.29, 0.717) is 31.1 Å². The Hall–Kier alpha value is -2.22. The van der Waals surface area contributed by atoms with Gasteiger partial charge in [0.2, 0.25) is 0 Å². The van der Waals surface area contributed by atoms with Crippen LogP contribution in [0.1, 0.15) is 79.0 Å². The average Bonchev–Trinajstić information content (AvgIpc) is 3.28. The molecule has 2 aliphatic rings. The lowest BCUT2D eigenvalue weighted by Gasteiger charge is -2.24. The van der Waals surface area contributed by atoms with Gasteiger partial charge in [0.25, 0.3) is 5.91 Å². The third-order valence-electron chi connectivity index (χ3n) is 5.13. The van der Waals surface area contributed by atoms with Crippen LogP contribution in [0.25, 0.3) is 0 Å². The van der Waals surface area contributed by atoms with Gasteiger partial charge >= 0.3 is 0 Å². The molecule has 140 valence electrons. The number of carbonyl (C=O) groups excluding carboxylic acids is 1. The highest BCUT2D eigenvalue weighted by molar-refractivity contribution is 5.94. The largest absolute Gasteiger partial charge is 0.369 e. The van der Waals surface area contributed by atoms with Gasteiger partial charge in [-0.15, -0.1) is 0 Å². The van der Waals surface area contributed by atoms with E-state index in [1.54, 1.807) is 9.36 Å². The van der Waals surface area contributed by atoms with Crippen LogP contribution >= 0.6 is 0 Å². The zero-order valence-electron chi connectivity index (χ0n) is 15.8. The normalized spacial score (nSPS) is 22.3. The molecule has 1 aliphatic heterocycles. The maximum atomic E-state index is 12.9. The fourth-order valence-electron chi connectivity index (χ4n) is 3.63. The maximum absolute atomic E-state index is 12.9. The molecule has 0 aromatic carbocycles. The number of amides is 1. The Bertz CT molecular complexity index is 835. The van der Waals surface area contributed by atoms with E-state index < -0.39 is 0 Å². The first-order valence-electron chi connectivity index (χ1n) is 9.41. The lowest BCUT2D eigenvalue weighted by molar-refractivity contribution is -0.00712. The number of nitrogens with zero attached hydrogens (tertiary/aromatic N) is 5. The number of hydrogen-bond donors (Lipinski definition) is 1. The molecule has 2 aromatic heterocycles. The Morgan fingerprint density at radius 2 is 2.08 bits per heavy atom. The third-order valence-corrected chi connectivity index (χ3v) is 5.13. The number of ether oxygens (including phenoxy) is 1. The van der Waals surface area contributed by atoms with Crippen molar-refractivity contribution in [2.24, 2.45) is 7.05 Å². The zero-order chi connectivity index (χ0) is 18.4. The van der Waals surface area contributed by atoms with Gasteiger partial charge in [-0.3, -0.25) is 14.2 Å². The van der Waals surface area contributed by atoms with Gasteiger partial charge < -0.3 is 10.1 Å². The van der Waals surface area contributed by atoms with Gasteiger partial charge in [0.05, 0.1) is 24.4 Å². The molecule has 1 amide bonds. The number of rotatable bonds is 5. The molecular weight excluding hydrogens is 332 g/mol. The molecule has 0 spiro atoms. The molecule has 3 heterocycles. The van der Waals surface area contributed by atoms with Crippen LogP contribution in [-0.2, 0) is 31.3 Å². The quantitative estimate of drug-likeness (QED) is 0.881. The highest BCUT2D eigenvalue weighted by Gasteiger charge is 2.32. The number of fused-ring (bicyclic) bond motifs is 1. The van der Waals surface area contributed by atoms with Crippen LogP contribution in [0.4, 0.5) is 0 Å². The Morgan fingerprint density at radius 1 is 1.31 bits per heavy atom. The van der Waals surface area contributed by atoms with E-state index in [2.05, 4.69) is 20.5 Å². The van der Waals surface area contributed by atoms with Gasteiger partial charge in [-0.2, -0.15) is 10.2 Å². The van der Waals surface area contributed by atoms with Gasteiger partial charge in [-0.1, -0.05) is 0 Å². The Labute approximate surface area is 152 Å². The molecule has 2 aromatic rings. The number of carbonyl (C=O) groups is 1.